The molecule has 1 saturated heterocycles. The molecule has 1 aromatic heterocycles. The van der Waals surface area contributed by atoms with Crippen LogP contribution in [0, 0.1) is 11.7 Å². The van der Waals surface area contributed by atoms with Crippen LogP contribution in [0.2, 0.25) is 5.02 Å². The van der Waals surface area contributed by atoms with E-state index in [1.54, 1.807) is 30.3 Å². The van der Waals surface area contributed by atoms with Crippen LogP contribution < -0.4 is 19.9 Å². The van der Waals surface area contributed by atoms with Crippen LogP contribution in [0.25, 0.3) is 11.4 Å². The fraction of sp³-hybridized carbons (Fsp3) is 0.346. The number of ether oxygens (including phenoxy) is 1. The van der Waals surface area contributed by atoms with Crippen molar-refractivity contribution in [2.24, 2.45) is 5.92 Å². The van der Waals surface area contributed by atoms with Gasteiger partial charge in [0.2, 0.25) is 5.91 Å². The van der Waals surface area contributed by atoms with Gasteiger partial charge >= 0.3 is 0 Å². The zero-order chi connectivity index (χ0) is 24.2. The van der Waals surface area contributed by atoms with Crippen LogP contribution in [-0.4, -0.2) is 48.2 Å². The normalized spacial score (nSPS) is 22.7. The summed E-state index contributed by atoms with van der Waals surface area (Å²) in [7, 11) is 1.69. The number of hydrogen-bond acceptors (Lipinski definition) is 6. The van der Waals surface area contributed by atoms with Crippen molar-refractivity contribution in [3.05, 3.63) is 65.1 Å². The van der Waals surface area contributed by atoms with Crippen LogP contribution in [0.5, 0.6) is 5.75 Å². The predicted molar refractivity (Wildman–Crippen MR) is 132 cm³/mol. The Labute approximate surface area is 207 Å². The molecule has 180 valence electrons. The summed E-state index contributed by atoms with van der Waals surface area (Å²) in [6.45, 7) is 2.04. The second kappa shape index (κ2) is 8.46. The minimum atomic E-state index is -0.417. The number of nitrogens with one attached hydrogen (secondary N) is 1. The summed E-state index contributed by atoms with van der Waals surface area (Å²) in [4.78, 5) is 25.1. The van der Waals surface area contributed by atoms with Crippen molar-refractivity contribution in [2.45, 2.75) is 24.9 Å². The molecule has 35 heavy (non-hydrogen) atoms. The van der Waals surface area contributed by atoms with E-state index in [-0.39, 0.29) is 24.5 Å². The van der Waals surface area contributed by atoms with E-state index in [4.69, 9.17) is 21.3 Å². The number of likely N-dealkylation sites (N-methyl/N-ethyl adjacent to an activating group) is 1. The number of anilines is 2. The Kier molecular flexibility index (Phi) is 5.38. The topological polar surface area (TPSA) is 70.6 Å². The average molecular weight is 494 g/mol. The average Bonchev–Trinajstić information content (AvgIpc) is 3.41. The molecule has 2 aliphatic heterocycles. The number of nitrogens with zero attached hydrogens (tertiary/aromatic N) is 4. The monoisotopic (exact) mass is 493 g/mol. The summed E-state index contributed by atoms with van der Waals surface area (Å²) in [5.74, 6) is 2.14. The molecule has 2 fully saturated rings. The molecular formula is C26H25ClFN5O2. The van der Waals surface area contributed by atoms with E-state index in [1.807, 2.05) is 24.3 Å². The van der Waals surface area contributed by atoms with Gasteiger partial charge in [-0.3, -0.25) is 4.79 Å². The second-order valence-corrected chi connectivity index (χ2v) is 9.97. The lowest BCUT2D eigenvalue weighted by molar-refractivity contribution is -0.117. The SMILES string of the molecule is CN1C(=O)CN(Cc2ccc(Cl)cc2F)c2nc(-c3ccc(OCC45CC4CCN5)cc3)ncc21. The number of carbonyl (C=O) groups excluding carboxylic acids is 1. The van der Waals surface area contributed by atoms with Crippen molar-refractivity contribution in [3.8, 4) is 17.1 Å². The molecule has 2 aromatic carbocycles. The van der Waals surface area contributed by atoms with Gasteiger partial charge in [-0.05, 0) is 61.7 Å². The fourth-order valence-corrected chi connectivity index (χ4v) is 5.21. The van der Waals surface area contributed by atoms with Gasteiger partial charge in [0.15, 0.2) is 11.6 Å². The van der Waals surface area contributed by atoms with E-state index in [9.17, 15) is 9.18 Å². The largest absolute Gasteiger partial charge is 0.492 e. The van der Waals surface area contributed by atoms with Crippen molar-refractivity contribution >= 4 is 29.0 Å². The highest BCUT2D eigenvalue weighted by molar-refractivity contribution is 6.30. The van der Waals surface area contributed by atoms with E-state index in [0.717, 1.165) is 23.8 Å². The molecule has 2 atom stereocenters. The number of carbonyl (C=O) groups is 1. The van der Waals surface area contributed by atoms with E-state index in [0.29, 0.717) is 34.5 Å². The van der Waals surface area contributed by atoms with Crippen LogP contribution in [0.3, 0.4) is 0 Å². The molecule has 0 bridgehead atoms. The summed E-state index contributed by atoms with van der Waals surface area (Å²) >= 11 is 5.90. The van der Waals surface area contributed by atoms with Crippen molar-refractivity contribution in [3.63, 3.8) is 0 Å². The Hall–Kier alpha value is -3.23. The van der Waals surface area contributed by atoms with Crippen molar-refractivity contribution in [1.29, 1.82) is 0 Å². The first kappa shape index (κ1) is 22.2. The predicted octanol–water partition coefficient (Wildman–Crippen LogP) is 4.05. The minimum Gasteiger partial charge on any atom is -0.492 e. The molecule has 0 spiro atoms. The van der Waals surface area contributed by atoms with Gasteiger partial charge in [0.05, 0.1) is 18.3 Å². The van der Waals surface area contributed by atoms with Crippen LogP contribution in [0.4, 0.5) is 15.9 Å². The highest BCUT2D eigenvalue weighted by Crippen LogP contribution is 2.49. The Morgan fingerprint density at radius 2 is 2.09 bits per heavy atom. The Morgan fingerprint density at radius 3 is 2.80 bits per heavy atom. The van der Waals surface area contributed by atoms with Gasteiger partial charge in [-0.1, -0.05) is 17.7 Å². The van der Waals surface area contributed by atoms with Crippen molar-refractivity contribution < 1.29 is 13.9 Å². The first-order valence-electron chi connectivity index (χ1n) is 11.7. The van der Waals surface area contributed by atoms with E-state index >= 15 is 0 Å². The summed E-state index contributed by atoms with van der Waals surface area (Å²) in [5.41, 5.74) is 2.03. The quantitative estimate of drug-likeness (QED) is 0.558. The minimum absolute atomic E-state index is 0.0889. The lowest BCUT2D eigenvalue weighted by Gasteiger charge is -2.34. The van der Waals surface area contributed by atoms with Crippen LogP contribution in [0.1, 0.15) is 18.4 Å². The first-order valence-corrected chi connectivity index (χ1v) is 12.1. The maximum absolute atomic E-state index is 14.5. The Morgan fingerprint density at radius 1 is 1.26 bits per heavy atom. The van der Waals surface area contributed by atoms with Gasteiger partial charge in [0.25, 0.3) is 0 Å². The molecule has 9 heteroatoms. The lowest BCUT2D eigenvalue weighted by atomic mass is 10.1. The summed E-state index contributed by atoms with van der Waals surface area (Å²) in [5, 5.41) is 3.90. The number of fused-ring (bicyclic) bond motifs is 2. The number of aromatic nitrogens is 2. The standard InChI is InChI=1S/C26H25ClFN5O2/c1-32-22-12-29-24(16-3-6-20(7-4-16)35-15-26-11-18(26)8-9-30-26)31-25(22)33(14-23(32)34)13-17-2-5-19(27)10-21(17)28/h2-7,10,12,18,30H,8-9,11,13-15H2,1H3. The van der Waals surface area contributed by atoms with Crippen molar-refractivity contribution in [1.82, 2.24) is 15.3 Å². The molecule has 1 aliphatic carbocycles. The number of piperidine rings is 1. The highest BCUT2D eigenvalue weighted by Gasteiger charge is 2.57. The summed E-state index contributed by atoms with van der Waals surface area (Å²) in [6.07, 6.45) is 4.07. The zero-order valence-electron chi connectivity index (χ0n) is 19.3. The lowest BCUT2D eigenvalue weighted by Crippen LogP contribution is -2.44. The molecule has 3 aliphatic rings. The molecule has 3 aromatic rings. The number of benzene rings is 2. The Balaban J connectivity index is 1.24. The number of halogens is 2. The molecule has 7 nitrogen and oxygen atoms in total. The number of hydrogen-bond donors (Lipinski definition) is 1. The van der Waals surface area contributed by atoms with Crippen LogP contribution in [0.15, 0.2) is 48.7 Å². The van der Waals surface area contributed by atoms with Gasteiger partial charge in [-0.15, -0.1) is 0 Å². The molecule has 6 rings (SSSR count). The first-order chi connectivity index (χ1) is 16.9. The molecule has 0 radical (unpaired) electrons. The highest BCUT2D eigenvalue weighted by atomic mass is 35.5. The van der Waals surface area contributed by atoms with E-state index in [1.165, 1.54) is 23.8 Å². The van der Waals surface area contributed by atoms with Gasteiger partial charge in [0, 0.05) is 29.7 Å². The van der Waals surface area contributed by atoms with E-state index < -0.39 is 5.82 Å². The number of amides is 1. The third-order valence-corrected chi connectivity index (χ3v) is 7.53. The maximum Gasteiger partial charge on any atom is 0.246 e. The van der Waals surface area contributed by atoms with Crippen LogP contribution in [-0.2, 0) is 11.3 Å². The third-order valence-electron chi connectivity index (χ3n) is 7.30. The molecular weight excluding hydrogens is 469 g/mol. The Bertz CT molecular complexity index is 1300. The number of rotatable bonds is 6. The fourth-order valence-electron chi connectivity index (χ4n) is 5.05. The van der Waals surface area contributed by atoms with Gasteiger partial charge in [0.1, 0.15) is 23.9 Å². The second-order valence-electron chi connectivity index (χ2n) is 9.53. The molecule has 3 heterocycles. The van der Waals surface area contributed by atoms with E-state index in [2.05, 4.69) is 10.3 Å². The molecule has 1 N–H and O–H groups in total. The zero-order valence-corrected chi connectivity index (χ0v) is 20.1. The summed E-state index contributed by atoms with van der Waals surface area (Å²) < 4.78 is 20.5. The smallest absolute Gasteiger partial charge is 0.246 e. The molecule has 1 amide bonds. The van der Waals surface area contributed by atoms with Crippen molar-refractivity contribution in [2.75, 3.05) is 36.5 Å². The van der Waals surface area contributed by atoms with Crippen LogP contribution >= 0.6 is 11.6 Å². The maximum atomic E-state index is 14.5. The summed E-state index contributed by atoms with van der Waals surface area (Å²) in [6, 6.07) is 12.3. The van der Waals surface area contributed by atoms with Gasteiger partial charge < -0.3 is 19.9 Å². The third kappa shape index (κ3) is 4.10. The molecule has 1 saturated carbocycles. The molecule has 2 unspecified atom stereocenters. The van der Waals surface area contributed by atoms with Gasteiger partial charge in [-0.25, -0.2) is 14.4 Å². The van der Waals surface area contributed by atoms with Gasteiger partial charge in [-0.2, -0.15) is 0 Å².